The van der Waals surface area contributed by atoms with Crippen LogP contribution in [0, 0.1) is 6.92 Å². The lowest BCUT2D eigenvalue weighted by Gasteiger charge is -2.29. The van der Waals surface area contributed by atoms with Crippen molar-refractivity contribution in [2.75, 3.05) is 13.7 Å². The summed E-state index contributed by atoms with van der Waals surface area (Å²) < 4.78 is 35.9. The topological polar surface area (TPSA) is 90.0 Å². The minimum absolute atomic E-state index is 0.0130. The van der Waals surface area contributed by atoms with Crippen molar-refractivity contribution < 1.29 is 27.5 Å². The van der Waals surface area contributed by atoms with Gasteiger partial charge in [0.25, 0.3) is 0 Å². The normalized spacial score (nSPS) is 13.0. The summed E-state index contributed by atoms with van der Waals surface area (Å²) in [5.41, 5.74) is 0.0326. The van der Waals surface area contributed by atoms with Gasteiger partial charge in [0, 0.05) is 7.05 Å². The first-order valence-corrected chi connectivity index (χ1v) is 9.37. The van der Waals surface area contributed by atoms with Gasteiger partial charge in [0.2, 0.25) is 15.2 Å². The van der Waals surface area contributed by atoms with Gasteiger partial charge in [0.15, 0.2) is 0 Å². The standard InChI is InChI=1S/C17H25NO6S/c1-7-23-15(19)14(18(6)16(20)24-17(3,4)5)25(21,22)13-10-8-12(2)9-11-13/h8-11,14H,7H2,1-6H3. The lowest BCUT2D eigenvalue weighted by Crippen LogP contribution is -2.49. The zero-order valence-electron chi connectivity index (χ0n) is 15.4. The van der Waals surface area contributed by atoms with Crippen molar-refractivity contribution in [2.45, 2.75) is 50.5 Å². The van der Waals surface area contributed by atoms with Gasteiger partial charge in [-0.15, -0.1) is 0 Å². The van der Waals surface area contributed by atoms with Gasteiger partial charge in [-0.2, -0.15) is 0 Å². The Morgan fingerprint density at radius 3 is 2.12 bits per heavy atom. The van der Waals surface area contributed by atoms with Gasteiger partial charge in [-0.05, 0) is 46.8 Å². The molecule has 0 radical (unpaired) electrons. The van der Waals surface area contributed by atoms with Crippen LogP contribution in [-0.4, -0.2) is 50.0 Å². The van der Waals surface area contributed by atoms with E-state index in [4.69, 9.17) is 9.47 Å². The summed E-state index contributed by atoms with van der Waals surface area (Å²) in [6.07, 6.45) is -0.929. The molecule has 0 fully saturated rings. The Kier molecular flexibility index (Phi) is 6.59. The van der Waals surface area contributed by atoms with Crippen LogP contribution in [0.2, 0.25) is 0 Å². The summed E-state index contributed by atoms with van der Waals surface area (Å²) in [5.74, 6) is -1.03. The highest BCUT2D eigenvalue weighted by Crippen LogP contribution is 2.22. The number of esters is 1. The molecule has 8 heteroatoms. The lowest BCUT2D eigenvalue weighted by molar-refractivity contribution is -0.145. The number of benzene rings is 1. The second-order valence-electron chi connectivity index (χ2n) is 6.55. The molecular weight excluding hydrogens is 346 g/mol. The zero-order chi connectivity index (χ0) is 19.4. The molecule has 7 nitrogen and oxygen atoms in total. The van der Waals surface area contributed by atoms with Crippen LogP contribution in [0.5, 0.6) is 0 Å². The first-order chi connectivity index (χ1) is 11.4. The van der Waals surface area contributed by atoms with E-state index in [0.29, 0.717) is 0 Å². The summed E-state index contributed by atoms with van der Waals surface area (Å²) in [7, 11) is -2.99. The molecule has 0 saturated heterocycles. The van der Waals surface area contributed by atoms with Crippen molar-refractivity contribution in [3.63, 3.8) is 0 Å². The second kappa shape index (κ2) is 7.86. The van der Waals surface area contributed by atoms with Crippen molar-refractivity contribution in [2.24, 2.45) is 0 Å². The summed E-state index contributed by atoms with van der Waals surface area (Å²) in [5, 5.41) is -1.83. The molecule has 25 heavy (non-hydrogen) atoms. The molecule has 0 aromatic heterocycles. The second-order valence-corrected chi connectivity index (χ2v) is 8.56. The molecule has 1 unspecified atom stereocenters. The molecular formula is C17H25NO6S. The molecule has 1 rings (SSSR count). The summed E-state index contributed by atoms with van der Waals surface area (Å²) in [6, 6.07) is 6.00. The minimum atomic E-state index is -4.19. The third kappa shape index (κ3) is 5.45. The van der Waals surface area contributed by atoms with E-state index in [1.54, 1.807) is 39.8 Å². The Hall–Kier alpha value is -2.09. The van der Waals surface area contributed by atoms with E-state index in [-0.39, 0.29) is 11.5 Å². The molecule has 0 aliphatic heterocycles. The van der Waals surface area contributed by atoms with Gasteiger partial charge in [-0.3, -0.25) is 4.90 Å². The molecule has 1 amide bonds. The van der Waals surface area contributed by atoms with Crippen LogP contribution in [0.1, 0.15) is 33.3 Å². The van der Waals surface area contributed by atoms with Crippen LogP contribution in [0.3, 0.4) is 0 Å². The molecule has 1 aromatic carbocycles. The average Bonchev–Trinajstić information content (AvgIpc) is 2.46. The van der Waals surface area contributed by atoms with Gasteiger partial charge in [-0.25, -0.2) is 18.0 Å². The van der Waals surface area contributed by atoms with Crippen LogP contribution in [0.25, 0.3) is 0 Å². The number of nitrogens with zero attached hydrogens (tertiary/aromatic N) is 1. The Morgan fingerprint density at radius 1 is 1.16 bits per heavy atom. The number of carbonyl (C=O) groups excluding carboxylic acids is 2. The summed E-state index contributed by atoms with van der Waals surface area (Å²) in [4.78, 5) is 25.2. The number of sulfone groups is 1. The highest BCUT2D eigenvalue weighted by molar-refractivity contribution is 7.92. The van der Waals surface area contributed by atoms with E-state index in [9.17, 15) is 18.0 Å². The molecule has 0 aliphatic carbocycles. The van der Waals surface area contributed by atoms with E-state index >= 15 is 0 Å². The molecule has 0 N–H and O–H groups in total. The Balaban J connectivity index is 3.30. The highest BCUT2D eigenvalue weighted by Gasteiger charge is 2.42. The Bertz CT molecular complexity index is 719. The quantitative estimate of drug-likeness (QED) is 0.739. The van der Waals surface area contributed by atoms with Crippen LogP contribution in [0.15, 0.2) is 29.2 Å². The summed E-state index contributed by atoms with van der Waals surface area (Å²) >= 11 is 0. The van der Waals surface area contributed by atoms with E-state index < -0.39 is 32.9 Å². The van der Waals surface area contributed by atoms with Crippen molar-refractivity contribution in [3.05, 3.63) is 29.8 Å². The van der Waals surface area contributed by atoms with Gasteiger partial charge in [-0.1, -0.05) is 17.7 Å². The van der Waals surface area contributed by atoms with Crippen LogP contribution in [-0.2, 0) is 24.1 Å². The number of carbonyl (C=O) groups is 2. The predicted octanol–water partition coefficient (Wildman–Crippen LogP) is 2.52. The first-order valence-electron chi connectivity index (χ1n) is 7.83. The fourth-order valence-corrected chi connectivity index (χ4v) is 3.59. The summed E-state index contributed by atoms with van der Waals surface area (Å²) in [6.45, 7) is 8.29. The molecule has 1 aromatic rings. The molecule has 0 spiro atoms. The minimum Gasteiger partial charge on any atom is -0.464 e. The molecule has 0 bridgehead atoms. The van der Waals surface area contributed by atoms with Gasteiger partial charge >= 0.3 is 12.1 Å². The van der Waals surface area contributed by atoms with E-state index in [0.717, 1.165) is 10.5 Å². The number of ether oxygens (including phenoxy) is 2. The maximum atomic E-state index is 12.9. The van der Waals surface area contributed by atoms with E-state index in [1.807, 2.05) is 6.92 Å². The van der Waals surface area contributed by atoms with Crippen LogP contribution < -0.4 is 0 Å². The average molecular weight is 371 g/mol. The molecule has 140 valence electrons. The van der Waals surface area contributed by atoms with Crippen LogP contribution in [0.4, 0.5) is 4.79 Å². The zero-order valence-corrected chi connectivity index (χ0v) is 16.2. The monoisotopic (exact) mass is 371 g/mol. The van der Waals surface area contributed by atoms with Gasteiger partial charge in [0.1, 0.15) is 5.60 Å². The van der Waals surface area contributed by atoms with Crippen molar-refractivity contribution in [3.8, 4) is 0 Å². The van der Waals surface area contributed by atoms with Gasteiger partial charge in [0.05, 0.1) is 11.5 Å². The Labute approximate surface area is 148 Å². The SMILES string of the molecule is CCOC(=O)C(N(C)C(=O)OC(C)(C)C)S(=O)(=O)c1ccc(C)cc1. The fourth-order valence-electron chi connectivity index (χ4n) is 1.99. The number of amides is 1. The number of likely N-dealkylation sites (N-methyl/N-ethyl adjacent to an activating group) is 1. The molecule has 0 heterocycles. The molecule has 0 aliphatic rings. The predicted molar refractivity (Wildman–Crippen MR) is 92.8 cm³/mol. The van der Waals surface area contributed by atoms with Crippen LogP contribution >= 0.6 is 0 Å². The lowest BCUT2D eigenvalue weighted by atomic mass is 10.2. The largest absolute Gasteiger partial charge is 0.464 e. The first kappa shape index (κ1) is 21.0. The number of aryl methyl sites for hydroxylation is 1. The highest BCUT2D eigenvalue weighted by atomic mass is 32.2. The molecule has 1 atom stereocenters. The third-order valence-corrected chi connectivity index (χ3v) is 5.19. The van der Waals surface area contributed by atoms with E-state index in [1.165, 1.54) is 19.2 Å². The van der Waals surface area contributed by atoms with E-state index in [2.05, 4.69) is 0 Å². The maximum absolute atomic E-state index is 12.9. The number of hydrogen-bond donors (Lipinski definition) is 0. The van der Waals surface area contributed by atoms with Crippen molar-refractivity contribution in [1.82, 2.24) is 4.90 Å². The third-order valence-electron chi connectivity index (χ3n) is 3.16. The van der Waals surface area contributed by atoms with Crippen molar-refractivity contribution in [1.29, 1.82) is 0 Å². The fraction of sp³-hybridized carbons (Fsp3) is 0.529. The maximum Gasteiger partial charge on any atom is 0.411 e. The number of rotatable bonds is 5. The van der Waals surface area contributed by atoms with Crippen molar-refractivity contribution >= 4 is 21.9 Å². The molecule has 0 saturated carbocycles. The smallest absolute Gasteiger partial charge is 0.411 e. The van der Waals surface area contributed by atoms with Gasteiger partial charge < -0.3 is 9.47 Å². The Morgan fingerprint density at radius 2 is 1.68 bits per heavy atom. The number of hydrogen-bond acceptors (Lipinski definition) is 6.